The fourth-order valence-corrected chi connectivity index (χ4v) is 4.34. The summed E-state index contributed by atoms with van der Waals surface area (Å²) in [5.74, 6) is -1.22. The number of para-hydroxylation sites is 1. The number of sulfonamides is 1. The van der Waals surface area contributed by atoms with Crippen LogP contribution in [-0.4, -0.2) is 24.5 Å². The molecule has 1 heterocycles. The summed E-state index contributed by atoms with van der Waals surface area (Å²) >= 11 is 0. The minimum Gasteiger partial charge on any atom is -0.478 e. The van der Waals surface area contributed by atoms with E-state index in [4.69, 9.17) is 4.42 Å². The summed E-state index contributed by atoms with van der Waals surface area (Å²) in [5.41, 5.74) is 2.11. The Bertz CT molecular complexity index is 1310. The molecule has 0 radical (unpaired) electrons. The van der Waals surface area contributed by atoms with E-state index in [1.165, 1.54) is 18.2 Å². The lowest BCUT2D eigenvalue weighted by atomic mass is 10.2. The highest BCUT2D eigenvalue weighted by atomic mass is 32.2. The number of aromatic nitrogens is 1. The van der Waals surface area contributed by atoms with E-state index in [1.54, 1.807) is 42.5 Å². The van der Waals surface area contributed by atoms with Crippen molar-refractivity contribution in [3.63, 3.8) is 0 Å². The SMILES string of the molecule is Cc1ccc2oc(N(c3ccccc3)S(=O)(=O)c3cccc(C(=O)O)c3)nc2c1. The lowest BCUT2D eigenvalue weighted by Crippen LogP contribution is -2.26. The molecule has 0 aliphatic heterocycles. The number of fused-ring (bicyclic) bond motifs is 1. The van der Waals surface area contributed by atoms with E-state index >= 15 is 0 Å². The van der Waals surface area contributed by atoms with Crippen LogP contribution in [0, 0.1) is 6.92 Å². The number of oxazole rings is 1. The van der Waals surface area contributed by atoms with Gasteiger partial charge in [0.25, 0.3) is 10.0 Å². The second-order valence-electron chi connectivity index (χ2n) is 6.41. The van der Waals surface area contributed by atoms with E-state index in [0.717, 1.165) is 15.9 Å². The number of hydrogen-bond acceptors (Lipinski definition) is 5. The molecular weight excluding hydrogens is 392 g/mol. The average molecular weight is 408 g/mol. The van der Waals surface area contributed by atoms with Gasteiger partial charge in [0, 0.05) is 0 Å². The monoisotopic (exact) mass is 408 g/mol. The number of rotatable bonds is 5. The predicted octanol–water partition coefficient (Wildman–Crippen LogP) is 4.36. The number of nitrogens with zero attached hydrogens (tertiary/aromatic N) is 2. The van der Waals surface area contributed by atoms with Gasteiger partial charge in [0.1, 0.15) is 5.52 Å². The van der Waals surface area contributed by atoms with E-state index in [9.17, 15) is 18.3 Å². The normalized spacial score (nSPS) is 11.5. The number of carboxylic acids is 1. The molecule has 0 aliphatic rings. The summed E-state index contributed by atoms with van der Waals surface area (Å²) in [6.45, 7) is 1.90. The van der Waals surface area contributed by atoms with Gasteiger partial charge in [-0.1, -0.05) is 30.3 Å². The van der Waals surface area contributed by atoms with Crippen LogP contribution in [0.4, 0.5) is 11.7 Å². The van der Waals surface area contributed by atoms with Crippen LogP contribution in [0.2, 0.25) is 0 Å². The molecule has 0 amide bonds. The van der Waals surface area contributed by atoms with Crippen molar-refractivity contribution in [1.29, 1.82) is 0 Å². The fourth-order valence-electron chi connectivity index (χ4n) is 2.92. The Kier molecular flexibility index (Phi) is 4.56. The molecule has 7 nitrogen and oxygen atoms in total. The molecule has 4 aromatic rings. The first kappa shape index (κ1) is 18.7. The lowest BCUT2D eigenvalue weighted by molar-refractivity contribution is 0.0696. The maximum Gasteiger partial charge on any atom is 0.335 e. The van der Waals surface area contributed by atoms with Gasteiger partial charge >= 0.3 is 12.0 Å². The molecule has 0 atom stereocenters. The highest BCUT2D eigenvalue weighted by molar-refractivity contribution is 7.93. The van der Waals surface area contributed by atoms with Gasteiger partial charge in [-0.3, -0.25) is 0 Å². The second kappa shape index (κ2) is 7.06. The number of carbonyl (C=O) groups is 1. The second-order valence-corrected chi connectivity index (χ2v) is 8.19. The van der Waals surface area contributed by atoms with Gasteiger partial charge < -0.3 is 9.52 Å². The van der Waals surface area contributed by atoms with Crippen LogP contribution in [0.15, 0.2) is 82.1 Å². The van der Waals surface area contributed by atoms with Crippen molar-refractivity contribution in [2.45, 2.75) is 11.8 Å². The van der Waals surface area contributed by atoms with Crippen LogP contribution in [0.3, 0.4) is 0 Å². The third-order valence-corrected chi connectivity index (χ3v) is 6.01. The third kappa shape index (κ3) is 3.45. The van der Waals surface area contributed by atoms with Gasteiger partial charge in [-0.05, 0) is 55.0 Å². The molecule has 3 aromatic carbocycles. The Hall–Kier alpha value is -3.65. The maximum atomic E-state index is 13.5. The van der Waals surface area contributed by atoms with Gasteiger partial charge in [0.15, 0.2) is 5.58 Å². The molecule has 0 bridgehead atoms. The number of hydrogen-bond donors (Lipinski definition) is 1. The quantitative estimate of drug-likeness (QED) is 0.526. The summed E-state index contributed by atoms with van der Waals surface area (Å²) in [6.07, 6.45) is 0. The van der Waals surface area contributed by atoms with Crippen molar-refractivity contribution in [2.24, 2.45) is 0 Å². The molecule has 0 saturated heterocycles. The molecular formula is C21H16N2O5S. The molecule has 0 fully saturated rings. The first-order chi connectivity index (χ1) is 13.9. The predicted molar refractivity (Wildman–Crippen MR) is 108 cm³/mol. The molecule has 4 rings (SSSR count). The molecule has 1 N–H and O–H groups in total. The number of carboxylic acid groups (broad SMARTS) is 1. The summed E-state index contributed by atoms with van der Waals surface area (Å²) < 4.78 is 33.7. The molecule has 0 unspecified atom stereocenters. The Morgan fingerprint density at radius 2 is 1.76 bits per heavy atom. The molecule has 0 saturated carbocycles. The van der Waals surface area contributed by atoms with Crippen molar-refractivity contribution >= 4 is 38.8 Å². The standard InChI is InChI=1S/C21H16N2O5S/c1-14-10-11-19-18(12-14)22-21(28-19)23(16-7-3-2-4-8-16)29(26,27)17-9-5-6-15(13-17)20(24)25/h2-13H,1H3,(H,24,25). The van der Waals surface area contributed by atoms with Gasteiger partial charge in [0.2, 0.25) is 0 Å². The van der Waals surface area contributed by atoms with Crippen LogP contribution in [0.5, 0.6) is 0 Å². The summed E-state index contributed by atoms with van der Waals surface area (Å²) in [4.78, 5) is 15.5. The van der Waals surface area contributed by atoms with Gasteiger partial charge in [-0.15, -0.1) is 0 Å². The fraction of sp³-hybridized carbons (Fsp3) is 0.0476. The topological polar surface area (TPSA) is 101 Å². The number of anilines is 2. The zero-order chi connectivity index (χ0) is 20.6. The molecule has 0 aliphatic carbocycles. The minimum atomic E-state index is -4.21. The van der Waals surface area contributed by atoms with E-state index in [0.29, 0.717) is 16.8 Å². The number of aromatic carboxylic acids is 1. The van der Waals surface area contributed by atoms with Crippen LogP contribution in [0.1, 0.15) is 15.9 Å². The zero-order valence-corrected chi connectivity index (χ0v) is 16.1. The zero-order valence-electron chi connectivity index (χ0n) is 15.3. The Morgan fingerprint density at radius 3 is 2.48 bits per heavy atom. The van der Waals surface area contributed by atoms with Crippen molar-refractivity contribution in [2.75, 3.05) is 4.31 Å². The molecule has 146 valence electrons. The summed E-state index contributed by atoms with van der Waals surface area (Å²) in [5, 5.41) is 9.23. The van der Waals surface area contributed by atoms with Crippen molar-refractivity contribution < 1.29 is 22.7 Å². The van der Waals surface area contributed by atoms with E-state index in [-0.39, 0.29) is 16.5 Å². The van der Waals surface area contributed by atoms with E-state index in [1.807, 2.05) is 13.0 Å². The van der Waals surface area contributed by atoms with Gasteiger partial charge in [0.05, 0.1) is 16.1 Å². The van der Waals surface area contributed by atoms with Crippen LogP contribution in [-0.2, 0) is 10.0 Å². The van der Waals surface area contributed by atoms with Crippen LogP contribution in [0.25, 0.3) is 11.1 Å². The Morgan fingerprint density at radius 1 is 1.00 bits per heavy atom. The van der Waals surface area contributed by atoms with Crippen molar-refractivity contribution in [3.8, 4) is 0 Å². The lowest BCUT2D eigenvalue weighted by Gasteiger charge is -2.20. The van der Waals surface area contributed by atoms with Crippen molar-refractivity contribution in [3.05, 3.63) is 83.9 Å². The van der Waals surface area contributed by atoms with E-state index < -0.39 is 16.0 Å². The molecule has 0 spiro atoms. The highest BCUT2D eigenvalue weighted by Crippen LogP contribution is 2.34. The Labute approximate surface area is 166 Å². The Balaban J connectivity index is 1.93. The van der Waals surface area contributed by atoms with Gasteiger partial charge in [-0.2, -0.15) is 9.29 Å². The first-order valence-corrected chi connectivity index (χ1v) is 10.1. The van der Waals surface area contributed by atoms with E-state index in [2.05, 4.69) is 4.98 Å². The first-order valence-electron chi connectivity index (χ1n) is 8.67. The van der Waals surface area contributed by atoms with Crippen LogP contribution < -0.4 is 4.31 Å². The minimum absolute atomic E-state index is 0.127. The third-order valence-electron chi connectivity index (χ3n) is 4.32. The summed E-state index contributed by atoms with van der Waals surface area (Å²) in [7, 11) is -4.21. The van der Waals surface area contributed by atoms with Crippen LogP contribution >= 0.6 is 0 Å². The summed E-state index contributed by atoms with van der Waals surface area (Å²) in [6, 6.07) is 18.8. The highest BCUT2D eigenvalue weighted by Gasteiger charge is 2.31. The molecule has 8 heteroatoms. The smallest absolute Gasteiger partial charge is 0.335 e. The molecule has 1 aromatic heterocycles. The number of aryl methyl sites for hydroxylation is 1. The number of benzene rings is 3. The van der Waals surface area contributed by atoms with Crippen molar-refractivity contribution in [1.82, 2.24) is 4.98 Å². The average Bonchev–Trinajstić information content (AvgIpc) is 3.11. The largest absolute Gasteiger partial charge is 0.478 e. The maximum absolute atomic E-state index is 13.5. The molecule has 29 heavy (non-hydrogen) atoms. The van der Waals surface area contributed by atoms with Gasteiger partial charge in [-0.25, -0.2) is 13.2 Å².